The Hall–Kier alpha value is -1.49. The topological polar surface area (TPSA) is 41.5 Å². The van der Waals surface area contributed by atoms with E-state index < -0.39 is 5.60 Å². The Morgan fingerprint density at radius 3 is 2.52 bits per heavy atom. The average Bonchev–Trinajstić information content (AvgIpc) is 2.59. The second kappa shape index (κ2) is 7.86. The molecule has 0 radical (unpaired) electrons. The van der Waals surface area contributed by atoms with Gasteiger partial charge < -0.3 is 15.2 Å². The maximum Gasteiger partial charge on any atom is 0.132 e. The van der Waals surface area contributed by atoms with Crippen LogP contribution < -0.4 is 10.1 Å². The molecule has 2 unspecified atom stereocenters. The van der Waals surface area contributed by atoms with Crippen LogP contribution in [0, 0.1) is 0 Å². The van der Waals surface area contributed by atoms with E-state index in [1.54, 1.807) is 18.9 Å². The molecule has 0 heterocycles. The van der Waals surface area contributed by atoms with Crippen molar-refractivity contribution in [3.8, 4) is 5.75 Å². The Balaban J connectivity index is 2.06. The Labute approximate surface area is 143 Å². The Kier molecular flexibility index (Phi) is 6.10. The van der Waals surface area contributed by atoms with Crippen molar-refractivity contribution in [3.05, 3.63) is 59.7 Å². The van der Waals surface area contributed by atoms with Gasteiger partial charge >= 0.3 is 0 Å². The minimum atomic E-state index is -0.904. The molecular formula is C19H25NO2S. The van der Waals surface area contributed by atoms with Gasteiger partial charge in [-0.05, 0) is 43.4 Å². The summed E-state index contributed by atoms with van der Waals surface area (Å²) in [4.78, 5) is 1.12. The first-order valence-corrected chi connectivity index (χ1v) is 8.93. The van der Waals surface area contributed by atoms with Gasteiger partial charge in [0.05, 0.1) is 12.7 Å². The number of nitrogens with one attached hydrogen (secondary N) is 1. The fraction of sp³-hybridized carbons (Fsp3) is 0.368. The second-order valence-electron chi connectivity index (χ2n) is 5.86. The fourth-order valence-corrected chi connectivity index (χ4v) is 3.04. The molecule has 0 aliphatic heterocycles. The van der Waals surface area contributed by atoms with Gasteiger partial charge in [-0.2, -0.15) is 0 Å². The largest absolute Gasteiger partial charge is 0.496 e. The molecule has 0 saturated carbocycles. The van der Waals surface area contributed by atoms with E-state index in [1.807, 2.05) is 43.5 Å². The first-order chi connectivity index (χ1) is 11.0. The normalized spacial score (nSPS) is 15.0. The van der Waals surface area contributed by atoms with E-state index in [4.69, 9.17) is 4.74 Å². The third-order valence-corrected chi connectivity index (χ3v) is 4.83. The highest BCUT2D eigenvalue weighted by Crippen LogP contribution is 2.30. The summed E-state index contributed by atoms with van der Waals surface area (Å²) in [5.41, 5.74) is 1.15. The lowest BCUT2D eigenvalue weighted by Crippen LogP contribution is -2.36. The van der Waals surface area contributed by atoms with Gasteiger partial charge in [0.25, 0.3) is 0 Å². The number of rotatable bonds is 7. The molecule has 2 aromatic carbocycles. The van der Waals surface area contributed by atoms with E-state index in [2.05, 4.69) is 30.4 Å². The molecule has 0 aliphatic carbocycles. The maximum absolute atomic E-state index is 10.7. The van der Waals surface area contributed by atoms with Crippen molar-refractivity contribution in [1.82, 2.24) is 5.32 Å². The van der Waals surface area contributed by atoms with E-state index in [-0.39, 0.29) is 6.04 Å². The van der Waals surface area contributed by atoms with Crippen LogP contribution in [0.3, 0.4) is 0 Å². The minimum absolute atomic E-state index is 0.120. The van der Waals surface area contributed by atoms with Crippen LogP contribution in [0.15, 0.2) is 53.4 Å². The van der Waals surface area contributed by atoms with Crippen LogP contribution in [0.4, 0.5) is 0 Å². The van der Waals surface area contributed by atoms with Gasteiger partial charge in [-0.3, -0.25) is 0 Å². The number of hydrogen-bond acceptors (Lipinski definition) is 4. The van der Waals surface area contributed by atoms with Gasteiger partial charge in [-0.15, -0.1) is 11.8 Å². The molecule has 0 amide bonds. The van der Waals surface area contributed by atoms with Crippen LogP contribution in [0.2, 0.25) is 0 Å². The number of ether oxygens (including phenoxy) is 1. The van der Waals surface area contributed by atoms with Crippen molar-refractivity contribution < 1.29 is 9.84 Å². The van der Waals surface area contributed by atoms with E-state index >= 15 is 0 Å². The monoisotopic (exact) mass is 331 g/mol. The highest BCUT2D eigenvalue weighted by molar-refractivity contribution is 7.98. The third-order valence-electron chi connectivity index (χ3n) is 4.06. The first kappa shape index (κ1) is 17.9. The molecule has 2 rings (SSSR count). The summed E-state index contributed by atoms with van der Waals surface area (Å²) in [7, 11) is 1.69. The zero-order valence-corrected chi connectivity index (χ0v) is 15.0. The molecule has 23 heavy (non-hydrogen) atoms. The van der Waals surface area contributed by atoms with Crippen LogP contribution in [0.1, 0.15) is 31.0 Å². The Morgan fingerprint density at radius 1 is 1.22 bits per heavy atom. The number of hydrogen-bond donors (Lipinski definition) is 2. The summed E-state index contributed by atoms with van der Waals surface area (Å²) in [6.07, 6.45) is 2.04. The van der Waals surface area contributed by atoms with E-state index in [0.29, 0.717) is 6.54 Å². The van der Waals surface area contributed by atoms with Crippen molar-refractivity contribution in [2.24, 2.45) is 0 Å². The molecule has 2 N–H and O–H groups in total. The van der Waals surface area contributed by atoms with E-state index in [9.17, 15) is 5.11 Å². The van der Waals surface area contributed by atoms with Gasteiger partial charge in [0, 0.05) is 17.5 Å². The lowest BCUT2D eigenvalue weighted by atomic mass is 9.95. The average molecular weight is 331 g/mol. The van der Waals surface area contributed by atoms with Crippen molar-refractivity contribution in [3.63, 3.8) is 0 Å². The predicted molar refractivity (Wildman–Crippen MR) is 97.2 cm³/mol. The molecule has 0 aliphatic rings. The Bertz CT molecular complexity index is 629. The summed E-state index contributed by atoms with van der Waals surface area (Å²) in [6.45, 7) is 4.40. The maximum atomic E-state index is 10.7. The zero-order valence-electron chi connectivity index (χ0n) is 14.2. The highest BCUT2D eigenvalue weighted by Gasteiger charge is 2.23. The van der Waals surface area contributed by atoms with Crippen LogP contribution in [-0.2, 0) is 5.60 Å². The van der Waals surface area contributed by atoms with E-state index in [0.717, 1.165) is 21.8 Å². The van der Waals surface area contributed by atoms with Crippen molar-refractivity contribution >= 4 is 11.8 Å². The molecule has 2 aromatic rings. The van der Waals surface area contributed by atoms with Gasteiger partial charge in [0.2, 0.25) is 0 Å². The predicted octanol–water partition coefficient (Wildman–Crippen LogP) is 3.98. The molecule has 0 spiro atoms. The van der Waals surface area contributed by atoms with Gasteiger partial charge in [-0.25, -0.2) is 0 Å². The molecule has 4 heteroatoms. The van der Waals surface area contributed by atoms with Gasteiger partial charge in [0.15, 0.2) is 0 Å². The highest BCUT2D eigenvalue weighted by atomic mass is 32.2. The third kappa shape index (κ3) is 4.50. The smallest absolute Gasteiger partial charge is 0.132 e. The SMILES string of the molecule is COc1cc(C(C)NCC(C)(O)c2ccccc2)ccc1SC. The standard InChI is InChI=1S/C19H25NO2S/c1-14(15-10-11-18(23-4)17(12-15)22-3)20-13-19(2,21)16-8-6-5-7-9-16/h5-12,14,20-21H,13H2,1-4H3. The second-order valence-corrected chi connectivity index (χ2v) is 6.70. The Morgan fingerprint density at radius 2 is 1.91 bits per heavy atom. The molecule has 2 atom stereocenters. The number of thioether (sulfide) groups is 1. The lowest BCUT2D eigenvalue weighted by molar-refractivity contribution is 0.0543. The van der Waals surface area contributed by atoms with Crippen LogP contribution in [-0.4, -0.2) is 25.0 Å². The number of aliphatic hydroxyl groups is 1. The number of methoxy groups -OCH3 is 1. The summed E-state index contributed by atoms with van der Waals surface area (Å²) in [5.74, 6) is 0.887. The number of benzene rings is 2. The van der Waals surface area contributed by atoms with Gasteiger partial charge in [-0.1, -0.05) is 36.4 Å². The van der Waals surface area contributed by atoms with Crippen molar-refractivity contribution in [1.29, 1.82) is 0 Å². The van der Waals surface area contributed by atoms with Crippen molar-refractivity contribution in [2.45, 2.75) is 30.4 Å². The zero-order chi connectivity index (χ0) is 16.9. The molecule has 0 aromatic heterocycles. The molecule has 0 bridgehead atoms. The molecule has 124 valence electrons. The molecule has 0 fully saturated rings. The van der Waals surface area contributed by atoms with Crippen LogP contribution >= 0.6 is 11.8 Å². The first-order valence-electron chi connectivity index (χ1n) is 7.71. The summed E-state index contributed by atoms with van der Waals surface area (Å²) in [5, 5.41) is 14.1. The molecular weight excluding hydrogens is 306 g/mol. The van der Waals surface area contributed by atoms with Crippen molar-refractivity contribution in [2.75, 3.05) is 19.9 Å². The summed E-state index contributed by atoms with van der Waals surface area (Å²) >= 11 is 1.67. The fourth-order valence-electron chi connectivity index (χ4n) is 2.49. The van der Waals surface area contributed by atoms with Gasteiger partial charge in [0.1, 0.15) is 5.75 Å². The minimum Gasteiger partial charge on any atom is -0.496 e. The molecule has 3 nitrogen and oxygen atoms in total. The summed E-state index contributed by atoms with van der Waals surface area (Å²) < 4.78 is 5.44. The van der Waals surface area contributed by atoms with Crippen LogP contribution in [0.5, 0.6) is 5.75 Å². The molecule has 0 saturated heterocycles. The lowest BCUT2D eigenvalue weighted by Gasteiger charge is -2.27. The van der Waals surface area contributed by atoms with E-state index in [1.165, 1.54) is 0 Å². The quantitative estimate of drug-likeness (QED) is 0.753. The summed E-state index contributed by atoms with van der Waals surface area (Å²) in [6, 6.07) is 16.1. The van der Waals surface area contributed by atoms with Crippen LogP contribution in [0.25, 0.3) is 0 Å².